The third-order valence-corrected chi connectivity index (χ3v) is 18.6. The minimum absolute atomic E-state index is 0. The van der Waals surface area contributed by atoms with Gasteiger partial charge in [-0.25, -0.2) is 0 Å². The van der Waals surface area contributed by atoms with Crippen molar-refractivity contribution in [1.82, 2.24) is 0 Å². The fraction of sp³-hybridized carbons (Fsp3) is 0.613. The van der Waals surface area contributed by atoms with Gasteiger partial charge in [0.25, 0.3) is 0 Å². The predicted octanol–water partition coefficient (Wildman–Crippen LogP) is 11.2. The Morgan fingerprint density at radius 3 is 1.92 bits per heavy atom. The van der Waals surface area contributed by atoms with Crippen LogP contribution in [0.4, 0.5) is 0 Å². The van der Waals surface area contributed by atoms with Gasteiger partial charge in [-0.05, 0) is 88.7 Å². The van der Waals surface area contributed by atoms with E-state index >= 15 is 0 Å². The van der Waals surface area contributed by atoms with Gasteiger partial charge < -0.3 is 14.9 Å². The van der Waals surface area contributed by atoms with Gasteiger partial charge >= 0.3 is 37.9 Å². The molecule has 0 radical (unpaired) electrons. The number of fused-ring (bicyclic) bond motifs is 4. The fourth-order valence-electron chi connectivity index (χ4n) is 9.42. The summed E-state index contributed by atoms with van der Waals surface area (Å²) in [5.41, 5.74) is 3.59. The number of thioether (sulfide) groups is 2. The van der Waals surface area contributed by atoms with Crippen LogP contribution in [0.3, 0.4) is 0 Å². The van der Waals surface area contributed by atoms with E-state index in [1.165, 1.54) is 25.7 Å². The van der Waals surface area contributed by atoms with Crippen molar-refractivity contribution in [2.75, 3.05) is 0 Å². The van der Waals surface area contributed by atoms with Crippen molar-refractivity contribution < 1.29 is 20.8 Å². The summed E-state index contributed by atoms with van der Waals surface area (Å²) in [5.74, 6) is 5.24. The number of rotatable bonds is 3. The topological polar surface area (TPSA) is 0 Å². The van der Waals surface area contributed by atoms with Gasteiger partial charge in [0.1, 0.15) is 0 Å². The van der Waals surface area contributed by atoms with Gasteiger partial charge in [-0.2, -0.15) is 0 Å². The first-order valence-electron chi connectivity index (χ1n) is 13.5. The van der Waals surface area contributed by atoms with Gasteiger partial charge in [0.15, 0.2) is 0 Å². The van der Waals surface area contributed by atoms with E-state index in [9.17, 15) is 0 Å². The number of halogens is 2. The summed E-state index contributed by atoms with van der Waals surface area (Å²) in [5, 5.41) is 1.73. The van der Waals surface area contributed by atoms with E-state index in [4.69, 9.17) is 17.0 Å². The minimum atomic E-state index is -1.48. The van der Waals surface area contributed by atoms with Crippen molar-refractivity contribution in [3.63, 3.8) is 0 Å². The molecule has 3 aliphatic carbocycles. The van der Waals surface area contributed by atoms with E-state index in [1.807, 2.05) is 0 Å². The normalized spacial score (nSPS) is 39.4. The summed E-state index contributed by atoms with van der Waals surface area (Å²) >= 11 is 3.71. The van der Waals surface area contributed by atoms with E-state index in [0.717, 1.165) is 57.1 Å². The molecule has 0 nitrogen and oxygen atoms in total. The van der Waals surface area contributed by atoms with E-state index in [1.54, 1.807) is 15.4 Å². The summed E-state index contributed by atoms with van der Waals surface area (Å²) in [6.07, 6.45) is 11.2. The molecule has 0 aromatic heterocycles. The Labute approximate surface area is 256 Å². The van der Waals surface area contributed by atoms with Gasteiger partial charge in [0.05, 0.1) is 8.07 Å². The summed E-state index contributed by atoms with van der Waals surface area (Å²) in [4.78, 5) is 3.21. The Morgan fingerprint density at radius 2 is 1.38 bits per heavy atom. The molecule has 0 bridgehead atoms. The Kier molecular flexibility index (Phi) is 11.8. The van der Waals surface area contributed by atoms with E-state index < -0.39 is 28.9 Å². The van der Waals surface area contributed by atoms with E-state index in [-0.39, 0.29) is 14.9 Å². The van der Waals surface area contributed by atoms with Crippen LogP contribution in [0.25, 0.3) is 0 Å². The van der Waals surface area contributed by atoms with Gasteiger partial charge in [-0.15, -0.1) is 23.5 Å². The van der Waals surface area contributed by atoms with Crippen molar-refractivity contribution in [1.29, 1.82) is 0 Å². The molecule has 2 heterocycles. The molecule has 37 heavy (non-hydrogen) atoms. The van der Waals surface area contributed by atoms with Crippen LogP contribution in [0.2, 0.25) is 24.2 Å². The van der Waals surface area contributed by atoms with Crippen LogP contribution >= 0.6 is 40.5 Å². The SMILES string of the molecule is CC1=CC2C3C=C(C)SC3C([Si](C)(C)C3C(C)CC4C(c5ccccc5)CCCC43)C2S1.[CH3-].[CH3-].[Cl][Zr+2][Cl]. The molecule has 9 atom stereocenters. The molecule has 6 rings (SSSR count). The predicted molar refractivity (Wildman–Crippen MR) is 171 cm³/mol. The molecule has 0 amide bonds. The molecular formula is C31H46Cl2S2SiZr. The molecule has 0 N–H and O–H groups in total. The van der Waals surface area contributed by atoms with Crippen LogP contribution in [-0.4, -0.2) is 18.6 Å². The molecule has 204 valence electrons. The summed E-state index contributed by atoms with van der Waals surface area (Å²) in [7, 11) is 8.39. The first kappa shape index (κ1) is 32.6. The quantitative estimate of drug-likeness (QED) is 0.232. The molecule has 9 unspecified atom stereocenters. The summed E-state index contributed by atoms with van der Waals surface area (Å²) in [6.45, 7) is 13.1. The molecule has 3 fully saturated rings. The maximum atomic E-state index is 4.93. The Morgan fingerprint density at radius 1 is 0.838 bits per heavy atom. The molecule has 2 aliphatic heterocycles. The first-order chi connectivity index (χ1) is 16.8. The van der Waals surface area contributed by atoms with Crippen molar-refractivity contribution >= 4 is 48.6 Å². The molecular weight excluding hydrogens is 627 g/mol. The Bertz CT molecular complexity index is 935. The van der Waals surface area contributed by atoms with Crippen LogP contribution in [-0.2, 0) is 20.8 Å². The number of hydrogen-bond acceptors (Lipinski definition) is 2. The van der Waals surface area contributed by atoms with Gasteiger partial charge in [0.2, 0.25) is 0 Å². The van der Waals surface area contributed by atoms with Gasteiger partial charge in [0, 0.05) is 10.5 Å². The molecule has 0 spiro atoms. The maximum absolute atomic E-state index is 4.93. The monoisotopic (exact) mass is 670 g/mol. The third-order valence-electron chi connectivity index (χ3n) is 10.2. The van der Waals surface area contributed by atoms with E-state index in [0.29, 0.717) is 0 Å². The van der Waals surface area contributed by atoms with Crippen LogP contribution in [0.5, 0.6) is 0 Å². The average molecular weight is 673 g/mol. The standard InChI is InChI=1S/C29H40S2Si.2CH3.2ClH.Zr/c1-17-14-23-21(20-10-7-6-8-11-20)12-9-13-22(23)28(17)32(4,5)29-26-24(15-18(2)30-26)25-16-19(3)31-27(25)29;;;;;/h6-8,10-11,15-17,21-29H,9,12-14H2,1-5H3;2*1H3;2*1H;/q;2*-1;;;+4/p-2. The summed E-state index contributed by atoms with van der Waals surface area (Å²) < 4.78 is 0. The number of hydrogen-bond donors (Lipinski definition) is 0. The third kappa shape index (κ3) is 6.02. The second-order valence-electron chi connectivity index (χ2n) is 12.3. The van der Waals surface area contributed by atoms with E-state index in [2.05, 4.69) is 99.9 Å². The first-order valence-corrected chi connectivity index (χ1v) is 24.7. The molecule has 1 aromatic carbocycles. The zero-order valence-electron chi connectivity index (χ0n) is 23.7. The molecule has 3 saturated carbocycles. The molecule has 0 saturated heterocycles. The second-order valence-corrected chi connectivity index (χ2v) is 23.9. The number of benzene rings is 1. The van der Waals surface area contributed by atoms with Gasteiger partial charge in [-0.3, -0.25) is 0 Å². The Balaban J connectivity index is 0.000000727. The summed E-state index contributed by atoms with van der Waals surface area (Å²) in [6, 6.07) is 11.6. The number of allylic oxidation sites excluding steroid dienone is 4. The molecule has 6 heteroatoms. The van der Waals surface area contributed by atoms with Gasteiger partial charge in [-0.1, -0.05) is 75.3 Å². The average Bonchev–Trinajstić information content (AvgIpc) is 3.53. The van der Waals surface area contributed by atoms with Crippen LogP contribution in [0.15, 0.2) is 52.3 Å². The fourth-order valence-corrected chi connectivity index (χ4v) is 20.5. The zero-order chi connectivity index (χ0) is 24.9. The van der Waals surface area contributed by atoms with Crippen molar-refractivity contribution in [2.45, 2.75) is 87.0 Å². The van der Waals surface area contributed by atoms with Crippen LogP contribution in [0, 0.1) is 44.4 Å². The van der Waals surface area contributed by atoms with Crippen LogP contribution < -0.4 is 0 Å². The zero-order valence-corrected chi connectivity index (χ0v) is 30.3. The van der Waals surface area contributed by atoms with Crippen molar-refractivity contribution in [2.24, 2.45) is 29.6 Å². The second kappa shape index (κ2) is 13.4. The molecule has 5 aliphatic rings. The van der Waals surface area contributed by atoms with Crippen molar-refractivity contribution in [3.05, 3.63) is 72.7 Å². The Hall–Kier alpha value is 1.08. The van der Waals surface area contributed by atoms with Crippen molar-refractivity contribution in [3.8, 4) is 0 Å². The van der Waals surface area contributed by atoms with Crippen LogP contribution in [0.1, 0.15) is 57.9 Å². The molecule has 1 aromatic rings.